The summed E-state index contributed by atoms with van der Waals surface area (Å²) in [5, 5.41) is 2.65. The molecule has 1 fully saturated rings. The molecule has 0 aliphatic carbocycles. The average molecular weight is 303 g/mol. The topological polar surface area (TPSA) is 75.4 Å². The zero-order valence-corrected chi connectivity index (χ0v) is 13.3. The van der Waals surface area contributed by atoms with Crippen LogP contribution in [0.25, 0.3) is 0 Å². The number of carbonyl (C=O) groups excluding carboxylic acids is 2. The number of rotatable bonds is 4. The van der Waals surface area contributed by atoms with E-state index in [-0.39, 0.29) is 11.8 Å². The van der Waals surface area contributed by atoms with Crippen LogP contribution in [0, 0.1) is 12.8 Å². The summed E-state index contributed by atoms with van der Waals surface area (Å²) >= 11 is 0. The molecule has 1 unspecified atom stereocenters. The summed E-state index contributed by atoms with van der Waals surface area (Å²) in [7, 11) is 1.65. The highest BCUT2D eigenvalue weighted by molar-refractivity contribution is 5.83. The van der Waals surface area contributed by atoms with Gasteiger partial charge in [-0.1, -0.05) is 29.8 Å². The highest BCUT2D eigenvalue weighted by Crippen LogP contribution is 2.23. The Balaban J connectivity index is 1.89. The van der Waals surface area contributed by atoms with E-state index in [1.54, 1.807) is 7.05 Å². The first kappa shape index (κ1) is 16.5. The quantitative estimate of drug-likeness (QED) is 0.882. The number of amides is 2. The monoisotopic (exact) mass is 303 g/mol. The molecule has 22 heavy (non-hydrogen) atoms. The van der Waals surface area contributed by atoms with Crippen molar-refractivity contribution in [1.82, 2.24) is 10.2 Å². The largest absolute Gasteiger partial charge is 0.359 e. The van der Waals surface area contributed by atoms with E-state index < -0.39 is 6.04 Å². The number of aryl methyl sites for hydroxylation is 1. The Bertz CT molecular complexity index is 519. The molecule has 0 saturated carbocycles. The van der Waals surface area contributed by atoms with E-state index in [9.17, 15) is 9.59 Å². The van der Waals surface area contributed by atoms with Crippen molar-refractivity contribution in [2.24, 2.45) is 11.7 Å². The molecule has 5 heteroatoms. The van der Waals surface area contributed by atoms with Crippen LogP contribution in [0.15, 0.2) is 24.3 Å². The third-order valence-corrected chi connectivity index (χ3v) is 4.38. The predicted molar refractivity (Wildman–Crippen MR) is 86.1 cm³/mol. The lowest BCUT2D eigenvalue weighted by atomic mass is 9.92. The molecule has 1 aliphatic heterocycles. The van der Waals surface area contributed by atoms with E-state index in [1.807, 2.05) is 36.1 Å². The van der Waals surface area contributed by atoms with E-state index in [2.05, 4.69) is 5.32 Å². The van der Waals surface area contributed by atoms with E-state index in [0.717, 1.165) is 24.0 Å². The highest BCUT2D eigenvalue weighted by Gasteiger charge is 2.27. The SMILES string of the molecule is CNC(=O)CC1CCN(C(=O)C(N)c2ccc(C)cc2)CC1. The summed E-state index contributed by atoms with van der Waals surface area (Å²) in [6, 6.07) is 7.17. The smallest absolute Gasteiger partial charge is 0.244 e. The summed E-state index contributed by atoms with van der Waals surface area (Å²) in [5.41, 5.74) is 8.10. The lowest BCUT2D eigenvalue weighted by molar-refractivity contribution is -0.134. The maximum atomic E-state index is 12.5. The van der Waals surface area contributed by atoms with E-state index in [1.165, 1.54) is 0 Å². The van der Waals surface area contributed by atoms with Gasteiger partial charge in [-0.05, 0) is 31.2 Å². The maximum Gasteiger partial charge on any atom is 0.244 e. The van der Waals surface area contributed by atoms with Crippen LogP contribution < -0.4 is 11.1 Å². The van der Waals surface area contributed by atoms with Gasteiger partial charge in [0.15, 0.2) is 0 Å². The van der Waals surface area contributed by atoms with Crippen molar-refractivity contribution in [2.75, 3.05) is 20.1 Å². The number of nitrogens with zero attached hydrogens (tertiary/aromatic N) is 1. The average Bonchev–Trinajstić information content (AvgIpc) is 2.55. The first-order chi connectivity index (χ1) is 10.5. The van der Waals surface area contributed by atoms with Crippen molar-refractivity contribution in [3.8, 4) is 0 Å². The van der Waals surface area contributed by atoms with Gasteiger partial charge in [0, 0.05) is 26.6 Å². The van der Waals surface area contributed by atoms with Gasteiger partial charge >= 0.3 is 0 Å². The molecule has 0 bridgehead atoms. The fourth-order valence-corrected chi connectivity index (χ4v) is 2.83. The van der Waals surface area contributed by atoms with Crippen LogP contribution >= 0.6 is 0 Å². The molecule has 0 aromatic heterocycles. The molecule has 1 heterocycles. The minimum atomic E-state index is -0.601. The molecule has 120 valence electrons. The van der Waals surface area contributed by atoms with Crippen LogP contribution in [0.4, 0.5) is 0 Å². The molecule has 1 aromatic carbocycles. The van der Waals surface area contributed by atoms with Crippen molar-refractivity contribution < 1.29 is 9.59 Å². The van der Waals surface area contributed by atoms with Crippen molar-refractivity contribution in [2.45, 2.75) is 32.2 Å². The second kappa shape index (κ2) is 7.40. The fraction of sp³-hybridized carbons (Fsp3) is 0.529. The number of hydrogen-bond donors (Lipinski definition) is 2. The van der Waals surface area contributed by atoms with E-state index >= 15 is 0 Å². The number of hydrogen-bond acceptors (Lipinski definition) is 3. The van der Waals surface area contributed by atoms with Crippen LogP contribution in [-0.2, 0) is 9.59 Å². The number of nitrogens with one attached hydrogen (secondary N) is 1. The lowest BCUT2D eigenvalue weighted by Gasteiger charge is -2.33. The van der Waals surface area contributed by atoms with Gasteiger partial charge in [-0.3, -0.25) is 9.59 Å². The van der Waals surface area contributed by atoms with E-state index in [0.29, 0.717) is 25.4 Å². The van der Waals surface area contributed by atoms with E-state index in [4.69, 9.17) is 5.73 Å². The first-order valence-corrected chi connectivity index (χ1v) is 7.82. The van der Waals surface area contributed by atoms with Gasteiger partial charge in [0.05, 0.1) is 0 Å². The van der Waals surface area contributed by atoms with Crippen LogP contribution in [0.3, 0.4) is 0 Å². The summed E-state index contributed by atoms with van der Waals surface area (Å²) in [4.78, 5) is 25.7. The van der Waals surface area contributed by atoms with Crippen LogP contribution in [0.5, 0.6) is 0 Å². The molecule has 5 nitrogen and oxygen atoms in total. The standard InChI is InChI=1S/C17H25N3O2/c1-12-3-5-14(6-4-12)16(18)17(22)20-9-7-13(8-10-20)11-15(21)19-2/h3-6,13,16H,7-11,18H2,1-2H3,(H,19,21). The Morgan fingerprint density at radius 1 is 1.27 bits per heavy atom. The second-order valence-electron chi connectivity index (χ2n) is 6.03. The van der Waals surface area contributed by atoms with Crippen LogP contribution in [0.1, 0.15) is 36.4 Å². The molecule has 0 spiro atoms. The lowest BCUT2D eigenvalue weighted by Crippen LogP contribution is -2.43. The summed E-state index contributed by atoms with van der Waals surface area (Å²) in [6.07, 6.45) is 2.27. The highest BCUT2D eigenvalue weighted by atomic mass is 16.2. The van der Waals surface area contributed by atoms with Gasteiger partial charge in [0.25, 0.3) is 0 Å². The van der Waals surface area contributed by atoms with Crippen LogP contribution in [-0.4, -0.2) is 36.9 Å². The van der Waals surface area contributed by atoms with Gasteiger partial charge in [-0.25, -0.2) is 0 Å². The molecule has 1 saturated heterocycles. The number of likely N-dealkylation sites (tertiary alicyclic amines) is 1. The summed E-state index contributed by atoms with van der Waals surface area (Å²) in [5.74, 6) is 0.406. The zero-order chi connectivity index (χ0) is 16.1. The summed E-state index contributed by atoms with van der Waals surface area (Å²) < 4.78 is 0. The molecule has 2 amide bonds. The molecule has 2 rings (SSSR count). The zero-order valence-electron chi connectivity index (χ0n) is 13.3. The Kier molecular flexibility index (Phi) is 5.55. The Morgan fingerprint density at radius 2 is 1.86 bits per heavy atom. The number of benzene rings is 1. The minimum Gasteiger partial charge on any atom is -0.359 e. The Morgan fingerprint density at radius 3 is 2.41 bits per heavy atom. The second-order valence-corrected chi connectivity index (χ2v) is 6.03. The van der Waals surface area contributed by atoms with Crippen molar-refractivity contribution >= 4 is 11.8 Å². The van der Waals surface area contributed by atoms with Gasteiger partial charge in [-0.15, -0.1) is 0 Å². The number of piperidine rings is 1. The predicted octanol–water partition coefficient (Wildman–Crippen LogP) is 1.37. The molecular weight excluding hydrogens is 278 g/mol. The molecule has 1 atom stereocenters. The molecule has 0 radical (unpaired) electrons. The number of nitrogens with two attached hydrogens (primary N) is 1. The van der Waals surface area contributed by atoms with Crippen LogP contribution in [0.2, 0.25) is 0 Å². The van der Waals surface area contributed by atoms with Crippen molar-refractivity contribution in [3.63, 3.8) is 0 Å². The first-order valence-electron chi connectivity index (χ1n) is 7.82. The van der Waals surface area contributed by atoms with Gasteiger partial charge < -0.3 is 16.0 Å². The summed E-state index contributed by atoms with van der Waals surface area (Å²) in [6.45, 7) is 3.37. The Labute approximate surface area is 131 Å². The molecule has 1 aliphatic rings. The third kappa shape index (κ3) is 4.07. The maximum absolute atomic E-state index is 12.5. The van der Waals surface area contributed by atoms with Crippen molar-refractivity contribution in [1.29, 1.82) is 0 Å². The van der Waals surface area contributed by atoms with Gasteiger partial charge in [0.2, 0.25) is 11.8 Å². The van der Waals surface area contributed by atoms with Gasteiger partial charge in [-0.2, -0.15) is 0 Å². The minimum absolute atomic E-state index is 0.0257. The van der Waals surface area contributed by atoms with Gasteiger partial charge in [0.1, 0.15) is 6.04 Å². The molecule has 1 aromatic rings. The normalized spacial score (nSPS) is 17.1. The van der Waals surface area contributed by atoms with Crippen molar-refractivity contribution in [3.05, 3.63) is 35.4 Å². The Hall–Kier alpha value is -1.88. The number of carbonyl (C=O) groups is 2. The molecular formula is C17H25N3O2. The molecule has 3 N–H and O–H groups in total. The fourth-order valence-electron chi connectivity index (χ4n) is 2.83. The third-order valence-electron chi connectivity index (χ3n) is 4.38.